The fourth-order valence-corrected chi connectivity index (χ4v) is 1.92. The van der Waals surface area contributed by atoms with Gasteiger partial charge in [-0.3, -0.25) is 5.43 Å². The average Bonchev–Trinajstić information content (AvgIpc) is 2.25. The van der Waals surface area contributed by atoms with E-state index in [-0.39, 0.29) is 12.5 Å². The molecule has 0 amide bonds. The highest BCUT2D eigenvalue weighted by atomic mass is 32.2. The minimum Gasteiger partial charge on any atom is -0.396 e. The molecule has 1 heterocycles. The van der Waals surface area contributed by atoms with Crippen molar-refractivity contribution in [1.82, 2.24) is 9.97 Å². The molecule has 1 aromatic heterocycles. The van der Waals surface area contributed by atoms with Gasteiger partial charge in [0.25, 0.3) is 0 Å². The Morgan fingerprint density at radius 2 is 2.33 bits per heavy atom. The lowest BCUT2D eigenvalue weighted by atomic mass is 10.2. The number of aliphatic hydroxyl groups excluding tert-OH is 1. The van der Waals surface area contributed by atoms with Crippen LogP contribution in [0.4, 0.5) is 5.95 Å². The van der Waals surface area contributed by atoms with E-state index in [4.69, 9.17) is 10.9 Å². The van der Waals surface area contributed by atoms with Gasteiger partial charge in [0.05, 0.1) is 0 Å². The Bertz CT molecular complexity index is 321. The smallest absolute Gasteiger partial charge is 0.238 e. The van der Waals surface area contributed by atoms with Crippen LogP contribution in [0.15, 0.2) is 11.1 Å². The Labute approximate surface area is 93.5 Å². The SMILES string of the molecule is Cc1cc(SCC(C)CO)nc(NN)n1. The van der Waals surface area contributed by atoms with Gasteiger partial charge in [-0.1, -0.05) is 6.92 Å². The molecule has 15 heavy (non-hydrogen) atoms. The summed E-state index contributed by atoms with van der Waals surface area (Å²) in [6, 6.07) is 1.90. The molecule has 0 bridgehead atoms. The lowest BCUT2D eigenvalue weighted by Gasteiger charge is -2.08. The van der Waals surface area contributed by atoms with Crippen LogP contribution in [-0.4, -0.2) is 27.4 Å². The summed E-state index contributed by atoms with van der Waals surface area (Å²) in [4.78, 5) is 8.28. The first-order valence-corrected chi connectivity index (χ1v) is 5.70. The first-order chi connectivity index (χ1) is 7.15. The van der Waals surface area contributed by atoms with Crippen molar-refractivity contribution in [2.45, 2.75) is 18.9 Å². The number of aliphatic hydroxyl groups is 1. The summed E-state index contributed by atoms with van der Waals surface area (Å²) in [5.74, 6) is 6.76. The highest BCUT2D eigenvalue weighted by Gasteiger charge is 2.05. The summed E-state index contributed by atoms with van der Waals surface area (Å²) in [6.45, 7) is 4.07. The van der Waals surface area contributed by atoms with Crippen molar-refractivity contribution in [3.63, 3.8) is 0 Å². The molecule has 84 valence electrons. The zero-order valence-electron chi connectivity index (χ0n) is 8.90. The predicted molar refractivity (Wildman–Crippen MR) is 61.6 cm³/mol. The summed E-state index contributed by atoms with van der Waals surface area (Å²) in [5.41, 5.74) is 3.30. The standard InChI is InChI=1S/C9H16N4OS/c1-6(4-14)5-15-8-3-7(2)11-9(12-8)13-10/h3,6,14H,4-5,10H2,1-2H3,(H,11,12,13). The van der Waals surface area contributed by atoms with Gasteiger partial charge in [0.1, 0.15) is 5.03 Å². The van der Waals surface area contributed by atoms with Gasteiger partial charge in [0.2, 0.25) is 5.95 Å². The van der Waals surface area contributed by atoms with Crippen molar-refractivity contribution in [3.8, 4) is 0 Å². The van der Waals surface area contributed by atoms with Crippen LogP contribution >= 0.6 is 11.8 Å². The monoisotopic (exact) mass is 228 g/mol. The number of aromatic nitrogens is 2. The maximum atomic E-state index is 8.89. The number of nitrogens with two attached hydrogens (primary N) is 1. The number of rotatable bonds is 5. The summed E-state index contributed by atoms with van der Waals surface area (Å²) in [5, 5.41) is 9.76. The van der Waals surface area contributed by atoms with Crippen LogP contribution in [0.25, 0.3) is 0 Å². The number of anilines is 1. The van der Waals surface area contributed by atoms with E-state index < -0.39 is 0 Å². The van der Waals surface area contributed by atoms with E-state index in [1.54, 1.807) is 11.8 Å². The minimum atomic E-state index is 0.194. The Hall–Kier alpha value is -0.850. The molecule has 0 aliphatic rings. The fourth-order valence-electron chi connectivity index (χ4n) is 0.959. The number of nitrogens with one attached hydrogen (secondary N) is 1. The number of hydrogen-bond acceptors (Lipinski definition) is 6. The Morgan fingerprint density at radius 3 is 2.93 bits per heavy atom. The second kappa shape index (κ2) is 5.89. The first kappa shape index (κ1) is 12.2. The molecular formula is C9H16N4OS. The third kappa shape index (κ3) is 4.03. The average molecular weight is 228 g/mol. The van der Waals surface area contributed by atoms with Gasteiger partial charge in [-0.2, -0.15) is 0 Å². The molecule has 4 N–H and O–H groups in total. The number of nitrogen functional groups attached to an aromatic ring is 1. The van der Waals surface area contributed by atoms with Gasteiger partial charge in [-0.05, 0) is 18.9 Å². The molecule has 6 heteroatoms. The molecule has 0 aliphatic carbocycles. The maximum absolute atomic E-state index is 8.89. The van der Waals surface area contributed by atoms with E-state index in [0.717, 1.165) is 16.5 Å². The molecule has 0 radical (unpaired) electrons. The third-order valence-corrected chi connectivity index (χ3v) is 3.03. The van der Waals surface area contributed by atoms with Gasteiger partial charge < -0.3 is 5.11 Å². The second-order valence-electron chi connectivity index (χ2n) is 3.41. The van der Waals surface area contributed by atoms with Crippen LogP contribution in [0.3, 0.4) is 0 Å². The van der Waals surface area contributed by atoms with Crippen molar-refractivity contribution in [3.05, 3.63) is 11.8 Å². The second-order valence-corrected chi connectivity index (χ2v) is 4.45. The van der Waals surface area contributed by atoms with Crippen LogP contribution in [0.1, 0.15) is 12.6 Å². The molecule has 5 nitrogen and oxygen atoms in total. The van der Waals surface area contributed by atoms with Gasteiger partial charge in [-0.15, -0.1) is 11.8 Å². The van der Waals surface area contributed by atoms with Crippen LogP contribution in [-0.2, 0) is 0 Å². The van der Waals surface area contributed by atoms with E-state index >= 15 is 0 Å². The Balaban J connectivity index is 2.64. The Morgan fingerprint density at radius 1 is 1.60 bits per heavy atom. The molecule has 1 aromatic rings. The predicted octanol–water partition coefficient (Wildman–Crippen LogP) is 0.791. The minimum absolute atomic E-state index is 0.194. The molecule has 0 aromatic carbocycles. The van der Waals surface area contributed by atoms with Crippen molar-refractivity contribution in [1.29, 1.82) is 0 Å². The van der Waals surface area contributed by atoms with Crippen molar-refractivity contribution in [2.24, 2.45) is 11.8 Å². The molecule has 0 spiro atoms. The van der Waals surface area contributed by atoms with Crippen molar-refractivity contribution < 1.29 is 5.11 Å². The number of aryl methyl sites for hydroxylation is 1. The fraction of sp³-hybridized carbons (Fsp3) is 0.556. The van der Waals surface area contributed by atoms with E-state index in [9.17, 15) is 0 Å². The number of hydrogen-bond donors (Lipinski definition) is 3. The number of thioether (sulfide) groups is 1. The lowest BCUT2D eigenvalue weighted by Crippen LogP contribution is -2.11. The largest absolute Gasteiger partial charge is 0.396 e. The summed E-state index contributed by atoms with van der Waals surface area (Å²) < 4.78 is 0. The van der Waals surface area contributed by atoms with Gasteiger partial charge >= 0.3 is 0 Å². The van der Waals surface area contributed by atoms with Crippen LogP contribution in [0, 0.1) is 12.8 Å². The summed E-state index contributed by atoms with van der Waals surface area (Å²) in [7, 11) is 0. The van der Waals surface area contributed by atoms with E-state index in [1.165, 1.54) is 0 Å². The summed E-state index contributed by atoms with van der Waals surface area (Å²) in [6.07, 6.45) is 0. The molecule has 1 rings (SSSR count). The molecule has 0 saturated carbocycles. The quantitative estimate of drug-likeness (QED) is 0.299. The molecule has 0 aliphatic heterocycles. The maximum Gasteiger partial charge on any atom is 0.238 e. The van der Waals surface area contributed by atoms with E-state index in [0.29, 0.717) is 5.95 Å². The van der Waals surface area contributed by atoms with Gasteiger partial charge in [-0.25, -0.2) is 15.8 Å². The highest BCUT2D eigenvalue weighted by Crippen LogP contribution is 2.20. The number of hydrazine groups is 1. The normalized spacial score (nSPS) is 12.5. The van der Waals surface area contributed by atoms with Gasteiger partial charge in [0.15, 0.2) is 0 Å². The third-order valence-electron chi connectivity index (χ3n) is 1.79. The number of nitrogens with zero attached hydrogens (tertiary/aromatic N) is 2. The van der Waals surface area contributed by atoms with Gasteiger partial charge in [0, 0.05) is 18.1 Å². The van der Waals surface area contributed by atoms with Crippen LogP contribution in [0.5, 0.6) is 0 Å². The molecule has 0 saturated heterocycles. The van der Waals surface area contributed by atoms with E-state index in [1.807, 2.05) is 19.9 Å². The topological polar surface area (TPSA) is 84.1 Å². The van der Waals surface area contributed by atoms with Crippen molar-refractivity contribution in [2.75, 3.05) is 17.8 Å². The first-order valence-electron chi connectivity index (χ1n) is 4.71. The highest BCUT2D eigenvalue weighted by molar-refractivity contribution is 7.99. The van der Waals surface area contributed by atoms with E-state index in [2.05, 4.69) is 15.4 Å². The molecule has 0 fully saturated rings. The van der Waals surface area contributed by atoms with Crippen LogP contribution in [0.2, 0.25) is 0 Å². The molecule has 1 atom stereocenters. The van der Waals surface area contributed by atoms with Crippen LogP contribution < -0.4 is 11.3 Å². The zero-order valence-corrected chi connectivity index (χ0v) is 9.71. The molecule has 1 unspecified atom stereocenters. The zero-order chi connectivity index (χ0) is 11.3. The van der Waals surface area contributed by atoms with Crippen molar-refractivity contribution >= 4 is 17.7 Å². The lowest BCUT2D eigenvalue weighted by molar-refractivity contribution is 0.250. The summed E-state index contributed by atoms with van der Waals surface area (Å²) >= 11 is 1.59. The Kier molecular flexibility index (Phi) is 4.80. The molecular weight excluding hydrogens is 212 g/mol.